The number of thioether (sulfide) groups is 1. The Bertz CT molecular complexity index is 472. The van der Waals surface area contributed by atoms with Gasteiger partial charge < -0.3 is 11.1 Å². The molecule has 0 bridgehead atoms. The fraction of sp³-hybridized carbons (Fsp3) is 0.632. The van der Waals surface area contributed by atoms with E-state index in [0.717, 1.165) is 18.7 Å². The molecule has 135 valence electrons. The molecule has 24 heavy (non-hydrogen) atoms. The minimum Gasteiger partial charge on any atom is -0.326 e. The number of thiol groups is 1. The van der Waals surface area contributed by atoms with Crippen LogP contribution in [0.15, 0.2) is 30.3 Å². The highest BCUT2D eigenvalue weighted by atomic mass is 32.2. The number of nitrogens with one attached hydrogen (secondary N) is 1. The van der Waals surface area contributed by atoms with Crippen LogP contribution in [0.3, 0.4) is 0 Å². The third-order valence-corrected chi connectivity index (χ3v) is 6.25. The summed E-state index contributed by atoms with van der Waals surface area (Å²) in [5.74, 6) is 2.06. The fourth-order valence-corrected chi connectivity index (χ4v) is 3.90. The summed E-state index contributed by atoms with van der Waals surface area (Å²) in [6.07, 6.45) is 4.06. The standard InChI is InChI=1S/C19H31N2OS2/c1-4-15(2)18(21-11-17(20)12-23)13-24-19(3,14-22)10-16-8-6-5-7-9-16/h5-9,15,17-18,21,23H,4,10-13,20H2,1-3H3/t15-,17?,18?,19+/m0/s1. The van der Waals surface area contributed by atoms with Crippen LogP contribution in [0.2, 0.25) is 0 Å². The van der Waals surface area contributed by atoms with E-state index in [4.69, 9.17) is 5.73 Å². The predicted octanol–water partition coefficient (Wildman–Crippen LogP) is 3.09. The molecule has 1 radical (unpaired) electrons. The first kappa shape index (κ1) is 21.6. The minimum absolute atomic E-state index is 0.0539. The Labute approximate surface area is 157 Å². The lowest BCUT2D eigenvalue weighted by Crippen LogP contribution is -2.45. The zero-order valence-corrected chi connectivity index (χ0v) is 16.7. The van der Waals surface area contributed by atoms with E-state index in [-0.39, 0.29) is 6.04 Å². The molecule has 0 aliphatic rings. The molecule has 1 aromatic carbocycles. The van der Waals surface area contributed by atoms with Gasteiger partial charge in [0.2, 0.25) is 6.29 Å². The SMILES string of the molecule is CC[C@H](C)C(CS[C@@](C)([C]=O)Cc1ccccc1)NCC(N)CS. The van der Waals surface area contributed by atoms with Crippen molar-refractivity contribution in [2.45, 2.75) is 50.4 Å². The Morgan fingerprint density at radius 2 is 2.04 bits per heavy atom. The highest BCUT2D eigenvalue weighted by Gasteiger charge is 2.28. The van der Waals surface area contributed by atoms with Crippen molar-refractivity contribution in [3.05, 3.63) is 35.9 Å². The molecule has 0 saturated heterocycles. The Balaban J connectivity index is 2.65. The topological polar surface area (TPSA) is 55.1 Å². The Kier molecular flexibility index (Phi) is 10.0. The first-order valence-corrected chi connectivity index (χ1v) is 10.2. The van der Waals surface area contributed by atoms with Gasteiger partial charge in [0.15, 0.2) is 0 Å². The van der Waals surface area contributed by atoms with Crippen molar-refractivity contribution in [3.8, 4) is 0 Å². The molecule has 1 aromatic rings. The van der Waals surface area contributed by atoms with Crippen molar-refractivity contribution in [2.24, 2.45) is 11.7 Å². The Hall–Kier alpha value is -0.490. The highest BCUT2D eigenvalue weighted by Crippen LogP contribution is 2.29. The number of benzene rings is 1. The van der Waals surface area contributed by atoms with E-state index in [1.54, 1.807) is 11.8 Å². The molecule has 0 amide bonds. The van der Waals surface area contributed by atoms with Crippen LogP contribution in [0.25, 0.3) is 0 Å². The van der Waals surface area contributed by atoms with Crippen LogP contribution in [-0.2, 0) is 11.2 Å². The second-order valence-electron chi connectivity index (χ2n) is 6.65. The van der Waals surface area contributed by atoms with Gasteiger partial charge in [-0.1, -0.05) is 50.6 Å². The van der Waals surface area contributed by atoms with Crippen LogP contribution >= 0.6 is 24.4 Å². The van der Waals surface area contributed by atoms with Gasteiger partial charge in [0.1, 0.15) is 0 Å². The third kappa shape index (κ3) is 7.60. The molecule has 0 aromatic heterocycles. The largest absolute Gasteiger partial charge is 0.326 e. The smallest absolute Gasteiger partial charge is 0.215 e. The normalized spacial score (nSPS) is 17.7. The van der Waals surface area contributed by atoms with Gasteiger partial charge in [-0.15, -0.1) is 11.8 Å². The fourth-order valence-electron chi connectivity index (χ4n) is 2.45. The van der Waals surface area contributed by atoms with Gasteiger partial charge in [-0.3, -0.25) is 4.79 Å². The maximum Gasteiger partial charge on any atom is 0.215 e. The lowest BCUT2D eigenvalue weighted by atomic mass is 10.0. The van der Waals surface area contributed by atoms with Gasteiger partial charge >= 0.3 is 0 Å². The van der Waals surface area contributed by atoms with Crippen molar-refractivity contribution < 1.29 is 4.79 Å². The molecule has 0 heterocycles. The van der Waals surface area contributed by atoms with Gasteiger partial charge in [0.05, 0.1) is 4.75 Å². The molecule has 0 fully saturated rings. The maximum absolute atomic E-state index is 11.6. The van der Waals surface area contributed by atoms with Gasteiger partial charge in [-0.05, 0) is 24.8 Å². The van der Waals surface area contributed by atoms with Gasteiger partial charge in [-0.2, -0.15) is 12.6 Å². The summed E-state index contributed by atoms with van der Waals surface area (Å²) in [5, 5.41) is 3.56. The highest BCUT2D eigenvalue weighted by molar-refractivity contribution is 8.01. The number of rotatable bonds is 12. The zero-order valence-electron chi connectivity index (χ0n) is 15.0. The summed E-state index contributed by atoms with van der Waals surface area (Å²) < 4.78 is -0.527. The summed E-state index contributed by atoms with van der Waals surface area (Å²) in [6, 6.07) is 10.5. The Morgan fingerprint density at radius 3 is 2.58 bits per heavy atom. The third-order valence-electron chi connectivity index (χ3n) is 4.39. The molecule has 0 aliphatic heterocycles. The average molecular weight is 368 g/mol. The molecular weight excluding hydrogens is 336 g/mol. The molecule has 3 nitrogen and oxygen atoms in total. The second kappa shape index (κ2) is 11.2. The van der Waals surface area contributed by atoms with Crippen LogP contribution in [0.5, 0.6) is 0 Å². The van der Waals surface area contributed by atoms with Crippen molar-refractivity contribution in [3.63, 3.8) is 0 Å². The monoisotopic (exact) mass is 367 g/mol. The number of hydrogen-bond acceptors (Lipinski definition) is 5. The number of hydrogen-bond donors (Lipinski definition) is 3. The molecule has 5 heteroatoms. The van der Waals surface area contributed by atoms with Crippen LogP contribution in [0.1, 0.15) is 32.8 Å². The molecule has 0 saturated carbocycles. The number of carbonyl (C=O) groups excluding carboxylic acids is 1. The molecule has 4 atom stereocenters. The first-order valence-electron chi connectivity index (χ1n) is 8.61. The molecule has 0 aliphatic carbocycles. The van der Waals surface area contributed by atoms with Crippen molar-refractivity contribution >= 4 is 30.7 Å². The van der Waals surface area contributed by atoms with E-state index >= 15 is 0 Å². The zero-order chi connectivity index (χ0) is 18.0. The minimum atomic E-state index is -0.527. The van der Waals surface area contributed by atoms with Crippen LogP contribution in [0.4, 0.5) is 0 Å². The summed E-state index contributed by atoms with van der Waals surface area (Å²) >= 11 is 5.92. The van der Waals surface area contributed by atoms with E-state index in [2.05, 4.69) is 50.2 Å². The quantitative estimate of drug-likeness (QED) is 0.497. The Morgan fingerprint density at radius 1 is 1.38 bits per heavy atom. The lowest BCUT2D eigenvalue weighted by molar-refractivity contribution is 0.388. The van der Waals surface area contributed by atoms with E-state index in [1.165, 1.54) is 5.56 Å². The van der Waals surface area contributed by atoms with E-state index in [9.17, 15) is 4.79 Å². The van der Waals surface area contributed by atoms with Gasteiger partial charge in [0.25, 0.3) is 0 Å². The summed E-state index contributed by atoms with van der Waals surface area (Å²) in [5.41, 5.74) is 7.13. The molecule has 0 spiro atoms. The van der Waals surface area contributed by atoms with Crippen LogP contribution in [0, 0.1) is 5.92 Å². The molecule has 2 unspecified atom stereocenters. The molecule has 1 rings (SSSR count). The van der Waals surface area contributed by atoms with E-state index in [0.29, 0.717) is 24.1 Å². The van der Waals surface area contributed by atoms with Crippen molar-refractivity contribution in [2.75, 3.05) is 18.1 Å². The summed E-state index contributed by atoms with van der Waals surface area (Å²) in [6.45, 7) is 7.16. The van der Waals surface area contributed by atoms with Gasteiger partial charge in [0, 0.05) is 30.1 Å². The molecular formula is C19H31N2OS2. The van der Waals surface area contributed by atoms with E-state index < -0.39 is 4.75 Å². The number of nitrogens with two attached hydrogens (primary N) is 1. The van der Waals surface area contributed by atoms with Crippen molar-refractivity contribution in [1.29, 1.82) is 0 Å². The maximum atomic E-state index is 11.6. The first-order chi connectivity index (χ1) is 11.4. The summed E-state index contributed by atoms with van der Waals surface area (Å²) in [4.78, 5) is 11.6. The van der Waals surface area contributed by atoms with Gasteiger partial charge in [-0.25, -0.2) is 0 Å². The predicted molar refractivity (Wildman–Crippen MR) is 110 cm³/mol. The van der Waals surface area contributed by atoms with Crippen LogP contribution < -0.4 is 11.1 Å². The van der Waals surface area contributed by atoms with Crippen LogP contribution in [-0.4, -0.2) is 41.2 Å². The van der Waals surface area contributed by atoms with Crippen molar-refractivity contribution in [1.82, 2.24) is 5.32 Å². The lowest BCUT2D eigenvalue weighted by Gasteiger charge is -2.29. The summed E-state index contributed by atoms with van der Waals surface area (Å²) in [7, 11) is 0. The molecule has 3 N–H and O–H groups in total. The second-order valence-corrected chi connectivity index (χ2v) is 8.54. The average Bonchev–Trinajstić information content (AvgIpc) is 2.61. The van der Waals surface area contributed by atoms with E-state index in [1.807, 2.05) is 25.1 Å².